The molecule has 2 heterocycles. The second-order valence-corrected chi connectivity index (χ2v) is 6.93. The predicted octanol–water partition coefficient (Wildman–Crippen LogP) is 2.91. The molecule has 2 atom stereocenters. The maximum absolute atomic E-state index is 12.8. The van der Waals surface area contributed by atoms with E-state index in [1.807, 2.05) is 30.3 Å². The van der Waals surface area contributed by atoms with Gasteiger partial charge in [0, 0.05) is 6.54 Å². The Labute approximate surface area is 153 Å². The van der Waals surface area contributed by atoms with Crippen LogP contribution in [0, 0.1) is 12.8 Å². The minimum Gasteiger partial charge on any atom is -0.383 e. The van der Waals surface area contributed by atoms with E-state index in [2.05, 4.69) is 17.2 Å². The van der Waals surface area contributed by atoms with Crippen LogP contribution in [0.4, 0.5) is 11.5 Å². The summed E-state index contributed by atoms with van der Waals surface area (Å²) in [6.45, 7) is 4.56. The molecule has 0 unspecified atom stereocenters. The van der Waals surface area contributed by atoms with E-state index in [1.54, 1.807) is 17.9 Å². The monoisotopic (exact) mass is 352 g/mol. The summed E-state index contributed by atoms with van der Waals surface area (Å²) in [7, 11) is 0. The van der Waals surface area contributed by atoms with Crippen molar-refractivity contribution in [3.63, 3.8) is 0 Å². The van der Waals surface area contributed by atoms with Gasteiger partial charge < -0.3 is 16.0 Å². The number of nitrogens with two attached hydrogens (primary N) is 1. The van der Waals surface area contributed by atoms with Crippen LogP contribution >= 0.6 is 0 Å². The third-order valence-corrected chi connectivity index (χ3v) is 4.88. The van der Waals surface area contributed by atoms with E-state index in [4.69, 9.17) is 5.73 Å². The second kappa shape index (κ2) is 7.56. The number of hydrogen-bond acceptors (Lipinski definition) is 4. The molecule has 0 bridgehead atoms. The molecule has 0 saturated carbocycles. The highest BCUT2D eigenvalue weighted by atomic mass is 16.2. The van der Waals surface area contributed by atoms with E-state index in [1.165, 1.54) is 6.20 Å². The summed E-state index contributed by atoms with van der Waals surface area (Å²) in [5.41, 5.74) is 7.98. The van der Waals surface area contributed by atoms with Gasteiger partial charge in [-0.05, 0) is 42.9 Å². The first-order chi connectivity index (χ1) is 12.5. The largest absolute Gasteiger partial charge is 0.383 e. The standard InChI is InChI=1S/C20H24N4O2/c1-13-8-9-24(17(10-13)15-6-4-3-5-7-15)20(26)19(25)23-16-11-14(2)18(21)22-12-16/h3-7,11-13,17H,8-10H2,1-2H3,(H2,21,22)(H,23,25)/t13-,17+/m0/s1. The van der Waals surface area contributed by atoms with Crippen LogP contribution in [0.25, 0.3) is 0 Å². The average molecular weight is 352 g/mol. The van der Waals surface area contributed by atoms with E-state index in [0.29, 0.717) is 24.0 Å². The molecule has 3 N–H and O–H groups in total. The number of anilines is 2. The van der Waals surface area contributed by atoms with Crippen molar-refractivity contribution in [3.05, 3.63) is 53.7 Å². The smallest absolute Gasteiger partial charge is 0.313 e. The van der Waals surface area contributed by atoms with Gasteiger partial charge in [-0.2, -0.15) is 0 Å². The molecule has 6 nitrogen and oxygen atoms in total. The summed E-state index contributed by atoms with van der Waals surface area (Å²) in [5.74, 6) is -0.244. The van der Waals surface area contributed by atoms with Crippen molar-refractivity contribution >= 4 is 23.3 Å². The number of aromatic nitrogens is 1. The van der Waals surface area contributed by atoms with Gasteiger partial charge in [-0.1, -0.05) is 37.3 Å². The normalized spacial score (nSPS) is 19.8. The first-order valence-corrected chi connectivity index (χ1v) is 8.84. The maximum atomic E-state index is 12.8. The summed E-state index contributed by atoms with van der Waals surface area (Å²) < 4.78 is 0. The fourth-order valence-corrected chi connectivity index (χ4v) is 3.34. The molecule has 6 heteroatoms. The quantitative estimate of drug-likeness (QED) is 0.814. The molecule has 2 aromatic rings. The number of piperidine rings is 1. The van der Waals surface area contributed by atoms with Crippen LogP contribution in [0.1, 0.15) is 36.9 Å². The summed E-state index contributed by atoms with van der Waals surface area (Å²) in [5, 5.41) is 2.64. The summed E-state index contributed by atoms with van der Waals surface area (Å²) in [6.07, 6.45) is 3.21. The second-order valence-electron chi connectivity index (χ2n) is 6.93. The Kier molecular flexibility index (Phi) is 5.21. The van der Waals surface area contributed by atoms with E-state index >= 15 is 0 Å². The molecule has 1 aliphatic heterocycles. The molecule has 0 aliphatic carbocycles. The van der Waals surface area contributed by atoms with Gasteiger partial charge >= 0.3 is 11.8 Å². The Hall–Kier alpha value is -2.89. The van der Waals surface area contributed by atoms with Crippen molar-refractivity contribution in [1.82, 2.24) is 9.88 Å². The average Bonchev–Trinajstić information content (AvgIpc) is 2.65. The summed E-state index contributed by atoms with van der Waals surface area (Å²) >= 11 is 0. The minimum absolute atomic E-state index is 0.0792. The van der Waals surface area contributed by atoms with Crippen molar-refractivity contribution in [3.8, 4) is 0 Å². The van der Waals surface area contributed by atoms with Crippen LogP contribution in [0.5, 0.6) is 0 Å². The highest BCUT2D eigenvalue weighted by molar-refractivity contribution is 6.39. The van der Waals surface area contributed by atoms with Crippen LogP contribution < -0.4 is 11.1 Å². The van der Waals surface area contributed by atoms with Crippen molar-refractivity contribution in [2.45, 2.75) is 32.7 Å². The lowest BCUT2D eigenvalue weighted by Gasteiger charge is -2.38. The SMILES string of the molecule is Cc1cc(NC(=O)C(=O)N2CC[C@H](C)C[C@@H]2c2ccccc2)cnc1N. The number of nitrogen functional groups attached to an aromatic ring is 1. The zero-order valence-corrected chi connectivity index (χ0v) is 15.1. The molecule has 3 rings (SSSR count). The highest BCUT2D eigenvalue weighted by Gasteiger charge is 2.34. The molecule has 26 heavy (non-hydrogen) atoms. The first-order valence-electron chi connectivity index (χ1n) is 8.84. The van der Waals surface area contributed by atoms with Gasteiger partial charge in [0.1, 0.15) is 5.82 Å². The lowest BCUT2D eigenvalue weighted by atomic mass is 9.88. The van der Waals surface area contributed by atoms with Crippen LogP contribution in [0.3, 0.4) is 0 Å². The number of amides is 2. The number of rotatable bonds is 2. The predicted molar refractivity (Wildman–Crippen MR) is 101 cm³/mol. The number of carbonyl (C=O) groups excluding carboxylic acids is 2. The van der Waals surface area contributed by atoms with Gasteiger partial charge in [0.05, 0.1) is 17.9 Å². The van der Waals surface area contributed by atoms with E-state index in [9.17, 15) is 9.59 Å². The Morgan fingerprint density at radius 3 is 2.69 bits per heavy atom. The molecule has 1 aromatic carbocycles. The molecule has 1 aromatic heterocycles. The molecule has 2 amide bonds. The van der Waals surface area contributed by atoms with Crippen LogP contribution in [0.2, 0.25) is 0 Å². The number of carbonyl (C=O) groups is 2. The topological polar surface area (TPSA) is 88.3 Å². The molecule has 136 valence electrons. The number of hydrogen-bond donors (Lipinski definition) is 2. The lowest BCUT2D eigenvalue weighted by Crippen LogP contribution is -2.45. The zero-order valence-electron chi connectivity index (χ0n) is 15.1. The van der Waals surface area contributed by atoms with Gasteiger partial charge in [0.15, 0.2) is 0 Å². The highest BCUT2D eigenvalue weighted by Crippen LogP contribution is 2.34. The fourth-order valence-electron chi connectivity index (χ4n) is 3.34. The number of likely N-dealkylation sites (tertiary alicyclic amines) is 1. The molecular formula is C20H24N4O2. The first kappa shape index (κ1) is 17.9. The summed E-state index contributed by atoms with van der Waals surface area (Å²) in [6, 6.07) is 11.5. The van der Waals surface area contributed by atoms with Gasteiger partial charge in [0.2, 0.25) is 0 Å². The van der Waals surface area contributed by atoms with Crippen molar-refractivity contribution in [2.75, 3.05) is 17.6 Å². The Balaban J connectivity index is 1.77. The Morgan fingerprint density at radius 2 is 2.00 bits per heavy atom. The van der Waals surface area contributed by atoms with Gasteiger partial charge in [0.25, 0.3) is 0 Å². The molecule has 0 spiro atoms. The zero-order chi connectivity index (χ0) is 18.7. The van der Waals surface area contributed by atoms with Crippen LogP contribution in [-0.2, 0) is 9.59 Å². The molecule has 1 fully saturated rings. The van der Waals surface area contributed by atoms with Gasteiger partial charge in [-0.15, -0.1) is 0 Å². The molecule has 0 radical (unpaired) electrons. The maximum Gasteiger partial charge on any atom is 0.313 e. The number of nitrogens with one attached hydrogen (secondary N) is 1. The number of benzene rings is 1. The third-order valence-electron chi connectivity index (χ3n) is 4.88. The fraction of sp³-hybridized carbons (Fsp3) is 0.350. The lowest BCUT2D eigenvalue weighted by molar-refractivity contribution is -0.146. The molecule has 1 aliphatic rings. The molecular weight excluding hydrogens is 328 g/mol. The number of nitrogens with zero attached hydrogens (tertiary/aromatic N) is 2. The van der Waals surface area contributed by atoms with Crippen LogP contribution in [0.15, 0.2) is 42.6 Å². The van der Waals surface area contributed by atoms with E-state index in [0.717, 1.165) is 24.0 Å². The van der Waals surface area contributed by atoms with Crippen molar-refractivity contribution in [1.29, 1.82) is 0 Å². The van der Waals surface area contributed by atoms with Crippen LogP contribution in [-0.4, -0.2) is 28.2 Å². The van der Waals surface area contributed by atoms with E-state index < -0.39 is 11.8 Å². The number of pyridine rings is 1. The Morgan fingerprint density at radius 1 is 1.27 bits per heavy atom. The van der Waals surface area contributed by atoms with Gasteiger partial charge in [-0.25, -0.2) is 4.98 Å². The minimum atomic E-state index is -0.647. The number of aryl methyl sites for hydroxylation is 1. The van der Waals surface area contributed by atoms with Gasteiger partial charge in [-0.3, -0.25) is 9.59 Å². The van der Waals surface area contributed by atoms with E-state index in [-0.39, 0.29) is 6.04 Å². The third kappa shape index (κ3) is 3.85. The molecule has 1 saturated heterocycles. The van der Waals surface area contributed by atoms with Crippen molar-refractivity contribution < 1.29 is 9.59 Å². The Bertz CT molecular complexity index is 807. The summed E-state index contributed by atoms with van der Waals surface area (Å²) in [4.78, 5) is 31.0. The van der Waals surface area contributed by atoms with Crippen molar-refractivity contribution in [2.24, 2.45) is 5.92 Å².